The maximum atomic E-state index is 11.1. The zero-order chi connectivity index (χ0) is 10.6. The standard InChI is InChI=1S/C8H15N5O/c1-6(9)8(14)10-4-3-7-11-5-13(2)12-7/h5-6H,3-4,9H2,1-2H3,(H,10,14). The van der Waals surface area contributed by atoms with Crippen molar-refractivity contribution in [3.8, 4) is 0 Å². The Kier molecular flexibility index (Phi) is 3.58. The molecule has 14 heavy (non-hydrogen) atoms. The highest BCUT2D eigenvalue weighted by Gasteiger charge is 2.06. The highest BCUT2D eigenvalue weighted by Crippen LogP contribution is 1.88. The van der Waals surface area contributed by atoms with E-state index in [9.17, 15) is 4.79 Å². The first-order valence-corrected chi connectivity index (χ1v) is 4.47. The molecule has 1 atom stereocenters. The third-order valence-electron chi connectivity index (χ3n) is 1.71. The van der Waals surface area contributed by atoms with E-state index in [-0.39, 0.29) is 5.91 Å². The Labute approximate surface area is 82.5 Å². The molecule has 78 valence electrons. The van der Waals surface area contributed by atoms with Crippen LogP contribution in [0.2, 0.25) is 0 Å². The molecule has 3 N–H and O–H groups in total. The molecule has 1 aromatic heterocycles. The second-order valence-corrected chi connectivity index (χ2v) is 3.16. The Balaban J connectivity index is 2.25. The van der Waals surface area contributed by atoms with E-state index in [2.05, 4.69) is 15.4 Å². The van der Waals surface area contributed by atoms with Crippen molar-refractivity contribution in [2.24, 2.45) is 12.8 Å². The summed E-state index contributed by atoms with van der Waals surface area (Å²) >= 11 is 0. The molecular formula is C8H15N5O. The van der Waals surface area contributed by atoms with Crippen molar-refractivity contribution in [3.05, 3.63) is 12.2 Å². The smallest absolute Gasteiger partial charge is 0.236 e. The van der Waals surface area contributed by atoms with Crippen molar-refractivity contribution in [2.75, 3.05) is 6.54 Å². The number of nitrogens with two attached hydrogens (primary N) is 1. The number of amides is 1. The molecule has 0 aliphatic rings. The molecule has 1 amide bonds. The third-order valence-corrected chi connectivity index (χ3v) is 1.71. The first-order valence-electron chi connectivity index (χ1n) is 4.47. The summed E-state index contributed by atoms with van der Waals surface area (Å²) < 4.78 is 1.63. The molecule has 0 saturated heterocycles. The molecule has 0 saturated carbocycles. The topological polar surface area (TPSA) is 85.8 Å². The molecule has 0 aromatic carbocycles. The normalized spacial score (nSPS) is 12.5. The average molecular weight is 197 g/mol. The summed E-state index contributed by atoms with van der Waals surface area (Å²) in [6.07, 6.45) is 2.25. The molecular weight excluding hydrogens is 182 g/mol. The van der Waals surface area contributed by atoms with Crippen LogP contribution in [0, 0.1) is 0 Å². The van der Waals surface area contributed by atoms with Crippen LogP contribution in [-0.2, 0) is 18.3 Å². The lowest BCUT2D eigenvalue weighted by Gasteiger charge is -2.05. The van der Waals surface area contributed by atoms with E-state index in [4.69, 9.17) is 5.73 Å². The molecule has 0 aliphatic heterocycles. The molecule has 0 radical (unpaired) electrons. The van der Waals surface area contributed by atoms with Crippen LogP contribution in [0.1, 0.15) is 12.7 Å². The number of rotatable bonds is 4. The second kappa shape index (κ2) is 4.71. The number of aromatic nitrogens is 3. The van der Waals surface area contributed by atoms with Gasteiger partial charge in [0.2, 0.25) is 5.91 Å². The van der Waals surface area contributed by atoms with Crippen LogP contribution in [0.15, 0.2) is 6.33 Å². The van der Waals surface area contributed by atoms with E-state index >= 15 is 0 Å². The van der Waals surface area contributed by atoms with Crippen molar-refractivity contribution < 1.29 is 4.79 Å². The van der Waals surface area contributed by atoms with Gasteiger partial charge in [-0.25, -0.2) is 4.98 Å². The number of nitrogens with one attached hydrogen (secondary N) is 1. The molecule has 1 unspecified atom stereocenters. The van der Waals surface area contributed by atoms with Crippen molar-refractivity contribution in [3.63, 3.8) is 0 Å². The third kappa shape index (κ3) is 3.14. The van der Waals surface area contributed by atoms with Crippen molar-refractivity contribution in [2.45, 2.75) is 19.4 Å². The molecule has 0 fully saturated rings. The highest BCUT2D eigenvalue weighted by atomic mass is 16.2. The predicted octanol–water partition coefficient (Wildman–Crippen LogP) is -1.18. The number of carbonyl (C=O) groups is 1. The van der Waals surface area contributed by atoms with Gasteiger partial charge in [0, 0.05) is 20.0 Å². The van der Waals surface area contributed by atoms with Gasteiger partial charge in [0.05, 0.1) is 6.04 Å². The van der Waals surface area contributed by atoms with Gasteiger partial charge in [0.25, 0.3) is 0 Å². The average Bonchev–Trinajstić information content (AvgIpc) is 2.51. The largest absolute Gasteiger partial charge is 0.354 e. The van der Waals surface area contributed by atoms with Crippen LogP contribution < -0.4 is 11.1 Å². The van der Waals surface area contributed by atoms with E-state index < -0.39 is 6.04 Å². The van der Waals surface area contributed by atoms with Crippen LogP contribution in [-0.4, -0.2) is 33.3 Å². The fourth-order valence-corrected chi connectivity index (χ4v) is 0.957. The minimum absolute atomic E-state index is 0.152. The fraction of sp³-hybridized carbons (Fsp3) is 0.625. The van der Waals surface area contributed by atoms with E-state index in [1.54, 1.807) is 25.0 Å². The van der Waals surface area contributed by atoms with Crippen molar-refractivity contribution >= 4 is 5.91 Å². The molecule has 0 bridgehead atoms. The summed E-state index contributed by atoms with van der Waals surface area (Å²) in [5.74, 6) is 0.568. The Morgan fingerprint density at radius 1 is 1.79 bits per heavy atom. The van der Waals surface area contributed by atoms with Gasteiger partial charge in [0.1, 0.15) is 6.33 Å². The van der Waals surface area contributed by atoms with Crippen LogP contribution in [0.25, 0.3) is 0 Å². The second-order valence-electron chi connectivity index (χ2n) is 3.16. The van der Waals surface area contributed by atoms with Gasteiger partial charge in [0.15, 0.2) is 5.82 Å². The Bertz CT molecular complexity index is 306. The SMILES string of the molecule is CC(N)C(=O)NCCc1ncn(C)n1. The first kappa shape index (κ1) is 10.6. The van der Waals surface area contributed by atoms with E-state index in [1.165, 1.54) is 0 Å². The lowest BCUT2D eigenvalue weighted by Crippen LogP contribution is -2.39. The molecule has 1 heterocycles. The van der Waals surface area contributed by atoms with Crippen molar-refractivity contribution in [1.29, 1.82) is 0 Å². The summed E-state index contributed by atoms with van der Waals surface area (Å²) in [4.78, 5) is 15.1. The maximum absolute atomic E-state index is 11.1. The van der Waals surface area contributed by atoms with Gasteiger partial charge in [-0.1, -0.05) is 0 Å². The minimum Gasteiger partial charge on any atom is -0.354 e. The number of hydrogen-bond acceptors (Lipinski definition) is 4. The van der Waals surface area contributed by atoms with Gasteiger partial charge in [-0.15, -0.1) is 0 Å². The van der Waals surface area contributed by atoms with Gasteiger partial charge in [-0.2, -0.15) is 5.10 Å². The number of nitrogens with zero attached hydrogens (tertiary/aromatic N) is 3. The monoisotopic (exact) mass is 197 g/mol. The highest BCUT2D eigenvalue weighted by molar-refractivity contribution is 5.80. The summed E-state index contributed by atoms with van der Waals surface area (Å²) in [7, 11) is 1.80. The van der Waals surface area contributed by atoms with Crippen LogP contribution >= 0.6 is 0 Å². The Morgan fingerprint density at radius 2 is 2.50 bits per heavy atom. The Hall–Kier alpha value is -1.43. The molecule has 6 nitrogen and oxygen atoms in total. The van der Waals surface area contributed by atoms with Gasteiger partial charge < -0.3 is 11.1 Å². The van der Waals surface area contributed by atoms with Crippen LogP contribution in [0.3, 0.4) is 0 Å². The fourth-order valence-electron chi connectivity index (χ4n) is 0.957. The van der Waals surface area contributed by atoms with Gasteiger partial charge in [-0.3, -0.25) is 9.48 Å². The summed E-state index contributed by atoms with van der Waals surface area (Å²) in [5, 5.41) is 6.76. The van der Waals surface area contributed by atoms with E-state index in [0.29, 0.717) is 13.0 Å². The zero-order valence-corrected chi connectivity index (χ0v) is 8.40. The maximum Gasteiger partial charge on any atom is 0.236 e. The van der Waals surface area contributed by atoms with Gasteiger partial charge in [-0.05, 0) is 6.92 Å². The summed E-state index contributed by atoms with van der Waals surface area (Å²) in [6.45, 7) is 2.17. The van der Waals surface area contributed by atoms with E-state index in [1.807, 2.05) is 0 Å². The zero-order valence-electron chi connectivity index (χ0n) is 8.40. The first-order chi connectivity index (χ1) is 6.59. The molecule has 0 spiro atoms. The minimum atomic E-state index is -0.466. The number of hydrogen-bond donors (Lipinski definition) is 2. The van der Waals surface area contributed by atoms with Crippen LogP contribution in [0.5, 0.6) is 0 Å². The predicted molar refractivity (Wildman–Crippen MR) is 51.4 cm³/mol. The lowest BCUT2D eigenvalue weighted by molar-refractivity contribution is -0.121. The quantitative estimate of drug-likeness (QED) is 0.636. The summed E-state index contributed by atoms with van der Waals surface area (Å²) in [6, 6.07) is -0.466. The molecule has 1 aromatic rings. The molecule has 0 aliphatic carbocycles. The number of carbonyl (C=O) groups excluding carboxylic acids is 1. The van der Waals surface area contributed by atoms with E-state index in [0.717, 1.165) is 5.82 Å². The van der Waals surface area contributed by atoms with Gasteiger partial charge >= 0.3 is 0 Å². The van der Waals surface area contributed by atoms with Crippen molar-refractivity contribution in [1.82, 2.24) is 20.1 Å². The van der Waals surface area contributed by atoms with Crippen LogP contribution in [0.4, 0.5) is 0 Å². The molecule has 1 rings (SSSR count). The lowest BCUT2D eigenvalue weighted by atomic mass is 10.3. The summed E-state index contributed by atoms with van der Waals surface area (Å²) in [5.41, 5.74) is 5.37. The number of aryl methyl sites for hydroxylation is 1. The molecule has 6 heteroatoms. The Morgan fingerprint density at radius 3 is 3.00 bits per heavy atom.